The predicted molar refractivity (Wildman–Crippen MR) is 72.7 cm³/mol. The number of rotatable bonds is 0. The van der Waals surface area contributed by atoms with E-state index in [1.54, 1.807) is 6.33 Å². The molecule has 0 bridgehead atoms. The van der Waals surface area contributed by atoms with Crippen molar-refractivity contribution in [2.24, 2.45) is 0 Å². The fourth-order valence-electron chi connectivity index (χ4n) is 2.66. The molecule has 2 aromatic heterocycles. The van der Waals surface area contributed by atoms with E-state index in [1.165, 1.54) is 16.3 Å². The summed E-state index contributed by atoms with van der Waals surface area (Å²) in [6.45, 7) is 2.11. The van der Waals surface area contributed by atoms with Crippen LogP contribution in [-0.4, -0.2) is 14.6 Å². The summed E-state index contributed by atoms with van der Waals surface area (Å²) in [5, 5.41) is 7.97. The normalized spacial score (nSPS) is 11.6. The molecule has 0 atom stereocenters. The number of pyridine rings is 1. The lowest BCUT2D eigenvalue weighted by Gasteiger charge is -2.08. The van der Waals surface area contributed by atoms with Gasteiger partial charge in [0.1, 0.15) is 6.33 Å². The molecule has 4 aromatic rings. The molecule has 0 saturated heterocycles. The lowest BCUT2D eigenvalue weighted by molar-refractivity contribution is 1.00. The van der Waals surface area contributed by atoms with E-state index < -0.39 is 0 Å². The SMILES string of the molecule is Cc1cccc2c3ccccc3c3ncnn3c12. The Kier molecular flexibility index (Phi) is 1.75. The molecular weight excluding hydrogens is 222 g/mol. The van der Waals surface area contributed by atoms with E-state index >= 15 is 0 Å². The van der Waals surface area contributed by atoms with Gasteiger partial charge < -0.3 is 0 Å². The number of aryl methyl sites for hydroxylation is 1. The van der Waals surface area contributed by atoms with Crippen LogP contribution in [0.15, 0.2) is 48.8 Å². The van der Waals surface area contributed by atoms with Crippen LogP contribution >= 0.6 is 0 Å². The Morgan fingerprint density at radius 2 is 1.67 bits per heavy atom. The second-order valence-corrected chi connectivity index (χ2v) is 4.51. The van der Waals surface area contributed by atoms with Gasteiger partial charge in [0.05, 0.1) is 5.52 Å². The average molecular weight is 233 g/mol. The zero-order valence-electron chi connectivity index (χ0n) is 9.96. The summed E-state index contributed by atoms with van der Waals surface area (Å²) >= 11 is 0. The summed E-state index contributed by atoms with van der Waals surface area (Å²) in [7, 11) is 0. The van der Waals surface area contributed by atoms with Crippen molar-refractivity contribution in [2.75, 3.05) is 0 Å². The van der Waals surface area contributed by atoms with Gasteiger partial charge in [0.25, 0.3) is 0 Å². The van der Waals surface area contributed by atoms with E-state index in [-0.39, 0.29) is 0 Å². The summed E-state index contributed by atoms with van der Waals surface area (Å²) in [5.41, 5.74) is 3.28. The maximum Gasteiger partial charge on any atom is 0.163 e. The molecule has 0 spiro atoms. The van der Waals surface area contributed by atoms with Crippen LogP contribution in [-0.2, 0) is 0 Å². The highest BCUT2D eigenvalue weighted by Crippen LogP contribution is 2.29. The smallest absolute Gasteiger partial charge is 0.163 e. The third kappa shape index (κ3) is 1.08. The minimum atomic E-state index is 0.924. The van der Waals surface area contributed by atoms with Gasteiger partial charge in [-0.1, -0.05) is 42.5 Å². The van der Waals surface area contributed by atoms with E-state index in [1.807, 2.05) is 10.6 Å². The number of hydrogen-bond acceptors (Lipinski definition) is 2. The Labute approximate surface area is 104 Å². The van der Waals surface area contributed by atoms with Gasteiger partial charge in [-0.3, -0.25) is 0 Å². The average Bonchev–Trinajstić information content (AvgIpc) is 2.88. The Morgan fingerprint density at radius 3 is 2.56 bits per heavy atom. The molecule has 86 valence electrons. The minimum absolute atomic E-state index is 0.924. The van der Waals surface area contributed by atoms with E-state index in [9.17, 15) is 0 Å². The highest BCUT2D eigenvalue weighted by molar-refractivity contribution is 6.11. The fourth-order valence-corrected chi connectivity index (χ4v) is 2.66. The second kappa shape index (κ2) is 3.29. The topological polar surface area (TPSA) is 30.2 Å². The molecule has 0 unspecified atom stereocenters. The zero-order valence-corrected chi connectivity index (χ0v) is 9.96. The third-order valence-corrected chi connectivity index (χ3v) is 3.46. The number of para-hydroxylation sites is 1. The van der Waals surface area contributed by atoms with Gasteiger partial charge in [0, 0.05) is 10.8 Å². The Morgan fingerprint density at radius 1 is 0.889 bits per heavy atom. The lowest BCUT2D eigenvalue weighted by Crippen LogP contribution is -1.94. The Hall–Kier alpha value is -2.42. The molecule has 3 nitrogen and oxygen atoms in total. The zero-order chi connectivity index (χ0) is 12.1. The number of benzene rings is 2. The minimum Gasteiger partial charge on any atom is -0.215 e. The molecule has 0 aliphatic rings. The standard InChI is InChI=1S/C15H11N3/c1-10-5-4-8-12-11-6-2-3-7-13(11)15-16-9-17-18(15)14(10)12/h2-9H,1H3. The van der Waals surface area contributed by atoms with Crippen molar-refractivity contribution in [3.8, 4) is 0 Å². The van der Waals surface area contributed by atoms with Crippen LogP contribution in [0.4, 0.5) is 0 Å². The van der Waals surface area contributed by atoms with Crippen LogP contribution in [0.25, 0.3) is 27.3 Å². The molecule has 3 heteroatoms. The predicted octanol–water partition coefficient (Wildman–Crippen LogP) is 3.34. The van der Waals surface area contributed by atoms with Crippen molar-refractivity contribution < 1.29 is 0 Å². The van der Waals surface area contributed by atoms with Gasteiger partial charge in [-0.25, -0.2) is 9.50 Å². The summed E-state index contributed by atoms with van der Waals surface area (Å²) in [5.74, 6) is 0. The Bertz CT molecular complexity index is 890. The molecule has 0 radical (unpaired) electrons. The number of nitrogens with zero attached hydrogens (tertiary/aromatic N) is 3. The highest BCUT2D eigenvalue weighted by Gasteiger charge is 2.10. The largest absolute Gasteiger partial charge is 0.215 e. The molecule has 2 aromatic carbocycles. The first-order valence-corrected chi connectivity index (χ1v) is 5.96. The first-order valence-electron chi connectivity index (χ1n) is 5.96. The molecule has 0 N–H and O–H groups in total. The molecule has 0 fully saturated rings. The van der Waals surface area contributed by atoms with Gasteiger partial charge in [-0.05, 0) is 17.9 Å². The highest BCUT2D eigenvalue weighted by atomic mass is 15.3. The van der Waals surface area contributed by atoms with Gasteiger partial charge in [-0.2, -0.15) is 5.10 Å². The number of fused-ring (bicyclic) bond motifs is 6. The van der Waals surface area contributed by atoms with Gasteiger partial charge in [0.2, 0.25) is 0 Å². The third-order valence-electron chi connectivity index (χ3n) is 3.46. The molecular formula is C15H11N3. The van der Waals surface area contributed by atoms with Crippen LogP contribution in [0.5, 0.6) is 0 Å². The van der Waals surface area contributed by atoms with Crippen LogP contribution < -0.4 is 0 Å². The first-order chi connectivity index (χ1) is 8.86. The maximum atomic E-state index is 4.39. The van der Waals surface area contributed by atoms with E-state index in [2.05, 4.69) is 53.4 Å². The summed E-state index contributed by atoms with van der Waals surface area (Å²) in [6.07, 6.45) is 1.62. The summed E-state index contributed by atoms with van der Waals surface area (Å²) in [6, 6.07) is 14.7. The van der Waals surface area contributed by atoms with Crippen LogP contribution in [0.2, 0.25) is 0 Å². The summed E-state index contributed by atoms with van der Waals surface area (Å²) in [4.78, 5) is 4.39. The monoisotopic (exact) mass is 233 g/mol. The lowest BCUT2D eigenvalue weighted by atomic mass is 10.0. The van der Waals surface area contributed by atoms with Crippen LogP contribution in [0, 0.1) is 6.92 Å². The van der Waals surface area contributed by atoms with Gasteiger partial charge >= 0.3 is 0 Å². The molecule has 0 amide bonds. The summed E-state index contributed by atoms with van der Waals surface area (Å²) < 4.78 is 1.94. The van der Waals surface area contributed by atoms with Crippen molar-refractivity contribution in [1.82, 2.24) is 14.6 Å². The fraction of sp³-hybridized carbons (Fsp3) is 0.0667. The van der Waals surface area contributed by atoms with Crippen molar-refractivity contribution in [3.05, 3.63) is 54.4 Å². The molecule has 2 heterocycles. The van der Waals surface area contributed by atoms with Crippen LogP contribution in [0.3, 0.4) is 0 Å². The van der Waals surface area contributed by atoms with Crippen molar-refractivity contribution in [3.63, 3.8) is 0 Å². The van der Waals surface area contributed by atoms with Gasteiger partial charge in [-0.15, -0.1) is 0 Å². The van der Waals surface area contributed by atoms with E-state index in [0.29, 0.717) is 0 Å². The molecule has 0 aliphatic heterocycles. The second-order valence-electron chi connectivity index (χ2n) is 4.51. The van der Waals surface area contributed by atoms with E-state index in [4.69, 9.17) is 0 Å². The molecule has 0 aliphatic carbocycles. The molecule has 0 saturated carbocycles. The quantitative estimate of drug-likeness (QED) is 0.436. The van der Waals surface area contributed by atoms with Crippen molar-refractivity contribution in [1.29, 1.82) is 0 Å². The van der Waals surface area contributed by atoms with Crippen molar-refractivity contribution >= 4 is 27.3 Å². The Balaban J connectivity index is 2.49. The number of hydrogen-bond donors (Lipinski definition) is 0. The first kappa shape index (κ1) is 9.59. The molecule has 18 heavy (non-hydrogen) atoms. The van der Waals surface area contributed by atoms with E-state index in [0.717, 1.165) is 16.6 Å². The van der Waals surface area contributed by atoms with Crippen molar-refractivity contribution in [2.45, 2.75) is 6.92 Å². The molecule has 4 rings (SSSR count). The maximum absolute atomic E-state index is 4.39. The van der Waals surface area contributed by atoms with Gasteiger partial charge in [0.15, 0.2) is 5.65 Å². The van der Waals surface area contributed by atoms with Crippen LogP contribution in [0.1, 0.15) is 5.56 Å². The number of aromatic nitrogens is 3.